The van der Waals surface area contributed by atoms with E-state index in [-0.39, 0.29) is 31.6 Å². The fourth-order valence-electron chi connectivity index (χ4n) is 8.52. The number of rotatable bonds is 55. The van der Waals surface area contributed by atoms with E-state index in [1.165, 1.54) is 154 Å². The van der Waals surface area contributed by atoms with Crippen LogP contribution in [0.1, 0.15) is 290 Å². The minimum Gasteiger partial charge on any atom is -0.462 e. The fourth-order valence-corrected chi connectivity index (χ4v) is 8.52. The molecule has 0 aromatic heterocycles. The molecule has 1 atom stereocenters. The molecule has 0 saturated heterocycles. The minimum absolute atomic E-state index is 0.111. The Labute approximate surface area is 451 Å². The smallest absolute Gasteiger partial charge is 0.309 e. The molecule has 0 heterocycles. The number of carbonyl (C=O) groups excluding carboxylic acids is 3. The molecule has 0 aliphatic heterocycles. The first-order valence-electron chi connectivity index (χ1n) is 30.7. The molecule has 0 rings (SSSR count). The van der Waals surface area contributed by atoms with E-state index in [9.17, 15) is 14.4 Å². The normalized spacial score (nSPS) is 12.8. The zero-order valence-corrected chi connectivity index (χ0v) is 47.9. The summed E-state index contributed by atoms with van der Waals surface area (Å²) in [6.07, 6.45) is 81.5. The second-order valence-electron chi connectivity index (χ2n) is 20.3. The number of allylic oxidation sites excluding steroid dienone is 15. The van der Waals surface area contributed by atoms with Gasteiger partial charge < -0.3 is 14.2 Å². The van der Waals surface area contributed by atoms with Crippen molar-refractivity contribution in [1.29, 1.82) is 0 Å². The van der Waals surface area contributed by atoms with Gasteiger partial charge in [-0.05, 0) is 83.5 Å². The van der Waals surface area contributed by atoms with Gasteiger partial charge in [0.25, 0.3) is 0 Å². The van der Waals surface area contributed by atoms with Crippen molar-refractivity contribution in [1.82, 2.24) is 0 Å². The van der Waals surface area contributed by atoms with Gasteiger partial charge in [-0.2, -0.15) is 0 Å². The Hall–Kier alpha value is -3.67. The van der Waals surface area contributed by atoms with E-state index in [2.05, 4.69) is 106 Å². The zero-order chi connectivity index (χ0) is 52.9. The van der Waals surface area contributed by atoms with Crippen molar-refractivity contribution in [3.8, 4) is 0 Å². The van der Waals surface area contributed by atoms with Crippen LogP contribution in [0.25, 0.3) is 0 Å². The molecule has 6 nitrogen and oxygen atoms in total. The molecular weight excluding hydrogens is 901 g/mol. The van der Waals surface area contributed by atoms with Crippen molar-refractivity contribution in [3.63, 3.8) is 0 Å². The van der Waals surface area contributed by atoms with E-state index >= 15 is 0 Å². The standard InChI is InChI=1S/C67H114O6/c1-4-7-10-13-16-19-22-25-28-30-32-33-35-36-39-42-45-48-51-54-57-60-66(69)72-63-64(62-71-65(68)59-56-53-50-47-44-41-38-27-24-21-18-15-12-9-6-3)73-67(70)61-58-55-52-49-46-43-40-37-34-31-29-26-23-20-17-14-11-8-5-2/h9,12,17-18,20-21,26-27,29,34,37-38,44,47,53,56,64H,4-8,10-11,13-16,19,22-25,28,30-33,35-36,39-43,45-46,48-52,54-55,57-63H2,1-3H3/b12-9-,20-17-,21-18-,29-26-,37-34-,38-27-,47-44-,56-53-. The summed E-state index contributed by atoms with van der Waals surface area (Å²) in [5, 5.41) is 0. The molecule has 0 aliphatic carbocycles. The third-order valence-electron chi connectivity index (χ3n) is 13.1. The quantitative estimate of drug-likeness (QED) is 0.0261. The molecule has 0 N–H and O–H groups in total. The van der Waals surface area contributed by atoms with Crippen molar-refractivity contribution in [2.45, 2.75) is 297 Å². The average molecular weight is 1020 g/mol. The third kappa shape index (κ3) is 59.1. The van der Waals surface area contributed by atoms with Gasteiger partial charge in [-0.15, -0.1) is 0 Å². The van der Waals surface area contributed by atoms with Gasteiger partial charge in [-0.1, -0.05) is 285 Å². The van der Waals surface area contributed by atoms with Crippen molar-refractivity contribution in [3.05, 3.63) is 97.2 Å². The van der Waals surface area contributed by atoms with Gasteiger partial charge in [0.1, 0.15) is 13.2 Å². The zero-order valence-electron chi connectivity index (χ0n) is 47.9. The van der Waals surface area contributed by atoms with Crippen LogP contribution >= 0.6 is 0 Å². The molecule has 0 amide bonds. The second kappa shape index (κ2) is 60.9. The van der Waals surface area contributed by atoms with Crippen LogP contribution in [0.15, 0.2) is 97.2 Å². The van der Waals surface area contributed by atoms with Gasteiger partial charge in [-0.25, -0.2) is 0 Å². The molecule has 0 aromatic rings. The number of ether oxygens (including phenoxy) is 3. The highest BCUT2D eigenvalue weighted by Crippen LogP contribution is 2.16. The largest absolute Gasteiger partial charge is 0.462 e. The predicted octanol–water partition coefficient (Wildman–Crippen LogP) is 20.9. The van der Waals surface area contributed by atoms with Gasteiger partial charge >= 0.3 is 17.9 Å². The molecule has 0 saturated carbocycles. The van der Waals surface area contributed by atoms with E-state index in [0.717, 1.165) is 96.3 Å². The Morgan fingerprint density at radius 1 is 0.301 bits per heavy atom. The average Bonchev–Trinajstić information content (AvgIpc) is 3.39. The Morgan fingerprint density at radius 2 is 0.589 bits per heavy atom. The van der Waals surface area contributed by atoms with E-state index < -0.39 is 12.1 Å². The van der Waals surface area contributed by atoms with Crippen LogP contribution in [0, 0.1) is 0 Å². The van der Waals surface area contributed by atoms with Gasteiger partial charge in [0.05, 0.1) is 6.42 Å². The monoisotopic (exact) mass is 1010 g/mol. The van der Waals surface area contributed by atoms with Crippen LogP contribution in [0.5, 0.6) is 0 Å². The number of hydrogen-bond acceptors (Lipinski definition) is 6. The molecule has 418 valence electrons. The van der Waals surface area contributed by atoms with Crippen molar-refractivity contribution < 1.29 is 28.6 Å². The van der Waals surface area contributed by atoms with Crippen LogP contribution < -0.4 is 0 Å². The number of hydrogen-bond donors (Lipinski definition) is 0. The molecule has 0 spiro atoms. The molecule has 0 bridgehead atoms. The van der Waals surface area contributed by atoms with Crippen molar-refractivity contribution in [2.75, 3.05) is 13.2 Å². The van der Waals surface area contributed by atoms with Gasteiger partial charge in [0.2, 0.25) is 0 Å². The number of esters is 3. The Morgan fingerprint density at radius 3 is 0.986 bits per heavy atom. The SMILES string of the molecule is CC/C=C\C/C=C\C/C=C\C/C=C\C/C=C\CC(=O)OCC(COC(=O)CCCCCCCCCCCCCCCCCCCCCCC)OC(=O)CCCCCCCC/C=C\C/C=C\C/C=C\CCCCC. The lowest BCUT2D eigenvalue weighted by Gasteiger charge is -2.18. The maximum atomic E-state index is 12.9. The topological polar surface area (TPSA) is 78.9 Å². The maximum Gasteiger partial charge on any atom is 0.309 e. The highest BCUT2D eigenvalue weighted by atomic mass is 16.6. The Kier molecular flexibility index (Phi) is 57.8. The molecule has 73 heavy (non-hydrogen) atoms. The number of unbranched alkanes of at least 4 members (excludes halogenated alkanes) is 29. The summed E-state index contributed by atoms with van der Waals surface area (Å²) >= 11 is 0. The summed E-state index contributed by atoms with van der Waals surface area (Å²) in [5.74, 6) is -1.05. The molecular formula is C67H114O6. The summed E-state index contributed by atoms with van der Waals surface area (Å²) < 4.78 is 16.8. The summed E-state index contributed by atoms with van der Waals surface area (Å²) in [5.41, 5.74) is 0. The van der Waals surface area contributed by atoms with E-state index in [4.69, 9.17) is 14.2 Å². The highest BCUT2D eigenvalue weighted by molar-refractivity contribution is 5.72. The Bertz CT molecular complexity index is 1440. The molecule has 0 aliphatic rings. The third-order valence-corrected chi connectivity index (χ3v) is 13.1. The van der Waals surface area contributed by atoms with Gasteiger partial charge in [-0.3, -0.25) is 14.4 Å². The number of carbonyl (C=O) groups is 3. The van der Waals surface area contributed by atoms with E-state index in [1.807, 2.05) is 6.08 Å². The molecule has 0 fully saturated rings. The summed E-state index contributed by atoms with van der Waals surface area (Å²) in [6, 6.07) is 0. The Balaban J connectivity index is 4.45. The first kappa shape index (κ1) is 69.3. The summed E-state index contributed by atoms with van der Waals surface area (Å²) in [6.45, 7) is 6.43. The summed E-state index contributed by atoms with van der Waals surface area (Å²) in [4.78, 5) is 38.2. The second-order valence-corrected chi connectivity index (χ2v) is 20.3. The highest BCUT2D eigenvalue weighted by Gasteiger charge is 2.19. The molecule has 0 radical (unpaired) electrons. The maximum absolute atomic E-state index is 12.9. The first-order valence-corrected chi connectivity index (χ1v) is 30.7. The van der Waals surface area contributed by atoms with Crippen LogP contribution in [0.3, 0.4) is 0 Å². The van der Waals surface area contributed by atoms with Crippen LogP contribution in [-0.4, -0.2) is 37.2 Å². The predicted molar refractivity (Wildman–Crippen MR) is 316 cm³/mol. The van der Waals surface area contributed by atoms with Crippen LogP contribution in [0.4, 0.5) is 0 Å². The van der Waals surface area contributed by atoms with E-state index in [0.29, 0.717) is 12.8 Å². The lowest BCUT2D eigenvalue weighted by Crippen LogP contribution is -2.30. The molecule has 6 heteroatoms. The minimum atomic E-state index is -0.825. The van der Waals surface area contributed by atoms with E-state index in [1.54, 1.807) is 6.08 Å². The van der Waals surface area contributed by atoms with Crippen molar-refractivity contribution in [2.24, 2.45) is 0 Å². The molecule has 0 aromatic carbocycles. The fraction of sp³-hybridized carbons (Fsp3) is 0.716. The van der Waals surface area contributed by atoms with Crippen molar-refractivity contribution >= 4 is 17.9 Å². The van der Waals surface area contributed by atoms with Crippen LogP contribution in [-0.2, 0) is 28.6 Å². The van der Waals surface area contributed by atoms with Crippen LogP contribution in [0.2, 0.25) is 0 Å². The van der Waals surface area contributed by atoms with Gasteiger partial charge in [0, 0.05) is 12.8 Å². The lowest BCUT2D eigenvalue weighted by molar-refractivity contribution is -0.166. The lowest BCUT2D eigenvalue weighted by atomic mass is 10.0. The van der Waals surface area contributed by atoms with Gasteiger partial charge in [0.15, 0.2) is 6.10 Å². The summed E-state index contributed by atoms with van der Waals surface area (Å²) in [7, 11) is 0. The first-order chi connectivity index (χ1) is 36.0. The molecule has 1 unspecified atom stereocenters.